The van der Waals surface area contributed by atoms with Crippen LogP contribution < -0.4 is 18.9 Å². The standard InChI is InChI=1S/C6H10N2O2S.Li/c1-5(2)8-6(11(9)10)3-4-7-8;/h3-5H,1-2H3,(H,9,10);/q;+1/p-1. The molecule has 1 aromatic rings. The van der Waals surface area contributed by atoms with Crippen LogP contribution in [0.2, 0.25) is 0 Å². The molecule has 0 bridgehead atoms. The van der Waals surface area contributed by atoms with E-state index < -0.39 is 11.1 Å². The smallest absolute Gasteiger partial charge is 0.767 e. The van der Waals surface area contributed by atoms with Crippen LogP contribution in [0, 0.1) is 0 Å². The Morgan fingerprint density at radius 2 is 2.25 bits per heavy atom. The molecule has 0 aromatic carbocycles. The Hall–Kier alpha value is -0.0826. The van der Waals surface area contributed by atoms with Crippen molar-refractivity contribution < 1.29 is 27.6 Å². The van der Waals surface area contributed by atoms with Crippen LogP contribution in [0.4, 0.5) is 0 Å². The topological polar surface area (TPSA) is 58.0 Å². The summed E-state index contributed by atoms with van der Waals surface area (Å²) in [5.41, 5.74) is 0. The first-order valence-electron chi connectivity index (χ1n) is 3.25. The van der Waals surface area contributed by atoms with Crippen molar-refractivity contribution in [2.75, 3.05) is 0 Å². The van der Waals surface area contributed by atoms with Gasteiger partial charge in [-0.1, -0.05) is 0 Å². The van der Waals surface area contributed by atoms with E-state index in [-0.39, 0.29) is 29.9 Å². The first-order valence-corrected chi connectivity index (χ1v) is 4.33. The summed E-state index contributed by atoms with van der Waals surface area (Å²) in [5.74, 6) is 0. The van der Waals surface area contributed by atoms with Gasteiger partial charge in [-0.25, -0.2) is 0 Å². The van der Waals surface area contributed by atoms with Crippen molar-refractivity contribution in [3.05, 3.63) is 12.3 Å². The summed E-state index contributed by atoms with van der Waals surface area (Å²) in [6.07, 6.45) is 1.48. The Morgan fingerprint density at radius 3 is 2.58 bits per heavy atom. The van der Waals surface area contributed by atoms with Gasteiger partial charge < -0.3 is 4.55 Å². The van der Waals surface area contributed by atoms with Gasteiger partial charge in [-0.15, -0.1) is 0 Å². The molecule has 0 aliphatic carbocycles. The normalized spacial score (nSPS) is 12.7. The summed E-state index contributed by atoms with van der Waals surface area (Å²) in [4.78, 5) is 0. The molecule has 12 heavy (non-hydrogen) atoms. The largest absolute Gasteiger partial charge is 1.00 e. The van der Waals surface area contributed by atoms with Crippen LogP contribution in [0.1, 0.15) is 19.9 Å². The second kappa shape index (κ2) is 4.83. The fraction of sp³-hybridized carbons (Fsp3) is 0.500. The van der Waals surface area contributed by atoms with E-state index in [1.807, 2.05) is 13.8 Å². The van der Waals surface area contributed by atoms with Gasteiger partial charge in [-0.05, 0) is 31.0 Å². The van der Waals surface area contributed by atoms with Crippen molar-refractivity contribution in [2.45, 2.75) is 24.9 Å². The zero-order valence-electron chi connectivity index (χ0n) is 7.35. The third-order valence-corrected chi connectivity index (χ3v) is 1.96. The minimum absolute atomic E-state index is 0. The summed E-state index contributed by atoms with van der Waals surface area (Å²) in [5, 5.41) is 4.10. The van der Waals surface area contributed by atoms with E-state index in [9.17, 15) is 8.76 Å². The average molecular weight is 180 g/mol. The molecule has 0 fully saturated rings. The molecule has 0 spiro atoms. The number of nitrogens with zero attached hydrogens (tertiary/aromatic N) is 2. The average Bonchev–Trinajstić information content (AvgIpc) is 2.32. The molecule has 1 unspecified atom stereocenters. The predicted octanol–water partition coefficient (Wildman–Crippen LogP) is -2.29. The van der Waals surface area contributed by atoms with Crippen LogP contribution in [-0.4, -0.2) is 18.5 Å². The molecule has 62 valence electrons. The van der Waals surface area contributed by atoms with E-state index in [1.54, 1.807) is 0 Å². The molecule has 0 aliphatic rings. The maximum absolute atomic E-state index is 10.5. The van der Waals surface area contributed by atoms with Crippen LogP contribution in [-0.2, 0) is 11.1 Å². The number of hydrogen-bond acceptors (Lipinski definition) is 3. The molecular weight excluding hydrogens is 171 g/mol. The van der Waals surface area contributed by atoms with E-state index in [0.717, 1.165) is 0 Å². The summed E-state index contributed by atoms with van der Waals surface area (Å²) in [6.45, 7) is 3.76. The maximum Gasteiger partial charge on any atom is 1.00 e. The number of aromatic nitrogens is 2. The van der Waals surface area contributed by atoms with E-state index in [4.69, 9.17) is 0 Å². The van der Waals surface area contributed by atoms with Gasteiger partial charge in [0.05, 0.1) is 6.20 Å². The molecule has 0 aliphatic heterocycles. The van der Waals surface area contributed by atoms with Crippen LogP contribution in [0.25, 0.3) is 0 Å². The first kappa shape index (κ1) is 11.9. The van der Waals surface area contributed by atoms with Crippen LogP contribution in [0.3, 0.4) is 0 Å². The molecule has 1 heterocycles. The Kier molecular flexibility index (Phi) is 4.79. The van der Waals surface area contributed by atoms with Gasteiger partial charge in [0.2, 0.25) is 0 Å². The minimum atomic E-state index is -2.18. The zero-order valence-corrected chi connectivity index (χ0v) is 8.17. The molecule has 1 rings (SSSR count). The van der Waals surface area contributed by atoms with Gasteiger partial charge in [-0.3, -0.25) is 8.89 Å². The monoisotopic (exact) mass is 180 g/mol. The van der Waals surface area contributed by atoms with Crippen molar-refractivity contribution in [2.24, 2.45) is 0 Å². The number of rotatable bonds is 2. The molecule has 0 saturated heterocycles. The van der Waals surface area contributed by atoms with Crippen molar-refractivity contribution in [1.82, 2.24) is 9.78 Å². The summed E-state index contributed by atoms with van der Waals surface area (Å²) >= 11 is -2.18. The van der Waals surface area contributed by atoms with Gasteiger partial charge in [0.1, 0.15) is 5.03 Å². The van der Waals surface area contributed by atoms with E-state index in [2.05, 4.69) is 5.10 Å². The second-order valence-corrected chi connectivity index (χ2v) is 3.33. The SMILES string of the molecule is CC(C)n1nccc1S(=O)[O-].[Li+]. The summed E-state index contributed by atoms with van der Waals surface area (Å²) < 4.78 is 22.5. The van der Waals surface area contributed by atoms with E-state index in [0.29, 0.717) is 0 Å². The van der Waals surface area contributed by atoms with Crippen LogP contribution >= 0.6 is 0 Å². The Bertz CT molecular complexity index is 274. The zero-order chi connectivity index (χ0) is 8.43. The second-order valence-electron chi connectivity index (χ2n) is 2.44. The fourth-order valence-electron chi connectivity index (χ4n) is 0.822. The van der Waals surface area contributed by atoms with Crippen molar-refractivity contribution in [3.8, 4) is 0 Å². The van der Waals surface area contributed by atoms with Gasteiger partial charge in [-0.2, -0.15) is 5.10 Å². The van der Waals surface area contributed by atoms with Gasteiger partial charge >= 0.3 is 18.9 Å². The van der Waals surface area contributed by atoms with Gasteiger partial charge in [0.15, 0.2) is 0 Å². The van der Waals surface area contributed by atoms with Gasteiger partial charge in [0.25, 0.3) is 0 Å². The van der Waals surface area contributed by atoms with Crippen LogP contribution in [0.15, 0.2) is 17.3 Å². The summed E-state index contributed by atoms with van der Waals surface area (Å²) in [6, 6.07) is 1.56. The van der Waals surface area contributed by atoms with Crippen molar-refractivity contribution in [3.63, 3.8) is 0 Å². The molecule has 1 aromatic heterocycles. The van der Waals surface area contributed by atoms with E-state index in [1.165, 1.54) is 16.9 Å². The van der Waals surface area contributed by atoms with Crippen molar-refractivity contribution in [1.29, 1.82) is 0 Å². The third-order valence-electron chi connectivity index (χ3n) is 1.29. The Balaban J connectivity index is 0.00000121. The first-order chi connectivity index (χ1) is 5.13. The molecule has 0 amide bonds. The number of hydrogen-bond donors (Lipinski definition) is 0. The molecule has 0 N–H and O–H groups in total. The Labute approximate surface area is 85.8 Å². The van der Waals surface area contributed by atoms with E-state index >= 15 is 0 Å². The minimum Gasteiger partial charge on any atom is -0.767 e. The molecule has 0 radical (unpaired) electrons. The molecule has 6 heteroatoms. The summed E-state index contributed by atoms with van der Waals surface area (Å²) in [7, 11) is 0. The molecule has 4 nitrogen and oxygen atoms in total. The molecule has 0 saturated carbocycles. The molecular formula is C6H9LiN2O2S. The van der Waals surface area contributed by atoms with Gasteiger partial charge in [0, 0.05) is 6.04 Å². The van der Waals surface area contributed by atoms with Crippen molar-refractivity contribution >= 4 is 11.1 Å². The third kappa shape index (κ3) is 2.46. The Morgan fingerprint density at radius 1 is 1.67 bits per heavy atom. The fourth-order valence-corrected chi connectivity index (χ4v) is 1.40. The predicted molar refractivity (Wildman–Crippen MR) is 39.8 cm³/mol. The van der Waals surface area contributed by atoms with Crippen LogP contribution in [0.5, 0.6) is 0 Å². The quantitative estimate of drug-likeness (QED) is 0.380. The maximum atomic E-state index is 10.5. The molecule has 1 atom stereocenters.